The van der Waals surface area contributed by atoms with E-state index in [0.29, 0.717) is 47.8 Å². The van der Waals surface area contributed by atoms with Crippen molar-refractivity contribution in [3.63, 3.8) is 0 Å². The van der Waals surface area contributed by atoms with Crippen molar-refractivity contribution < 1.29 is 19.7 Å². The van der Waals surface area contributed by atoms with E-state index in [-0.39, 0.29) is 20.0 Å². The summed E-state index contributed by atoms with van der Waals surface area (Å²) < 4.78 is 35.1. The molecule has 1 fully saturated rings. The van der Waals surface area contributed by atoms with Crippen LogP contribution in [0, 0.1) is 11.6 Å². The zero-order chi connectivity index (χ0) is 24.4. The molecule has 5 rings (SSSR count). The lowest BCUT2D eigenvalue weighted by Gasteiger charge is -2.18. The molecule has 0 spiro atoms. The van der Waals surface area contributed by atoms with Crippen LogP contribution in [0.1, 0.15) is 32.8 Å². The monoisotopic (exact) mass is 481 g/mol. The molecule has 1 aliphatic heterocycles. The third-order valence-corrected chi connectivity index (χ3v) is 5.82. The summed E-state index contributed by atoms with van der Waals surface area (Å²) in [4.78, 5) is 26.9. The Labute approximate surface area is 201 Å². The highest BCUT2D eigenvalue weighted by Crippen LogP contribution is 2.28. The number of fused-ring (bicyclic) bond motifs is 1. The fourth-order valence-corrected chi connectivity index (χ4v) is 4.05. The van der Waals surface area contributed by atoms with Crippen molar-refractivity contribution in [1.82, 2.24) is 29.5 Å². The maximum atomic E-state index is 14.3. The molecule has 0 bridgehead atoms. The van der Waals surface area contributed by atoms with Crippen molar-refractivity contribution in [2.75, 3.05) is 25.0 Å². The molecule has 4 aromatic rings. The van der Waals surface area contributed by atoms with E-state index in [4.69, 9.17) is 4.74 Å². The van der Waals surface area contributed by atoms with E-state index in [1.165, 1.54) is 12.1 Å². The van der Waals surface area contributed by atoms with Crippen molar-refractivity contribution in [2.45, 2.75) is 25.8 Å². The predicted octanol–water partition coefficient (Wildman–Crippen LogP) is 3.88. The molecule has 3 aromatic heterocycles. The van der Waals surface area contributed by atoms with Crippen molar-refractivity contribution in [2.24, 2.45) is 0 Å². The summed E-state index contributed by atoms with van der Waals surface area (Å²) in [6.07, 6.45) is 6.48. The van der Waals surface area contributed by atoms with Crippen LogP contribution in [-0.2, 0) is 4.79 Å². The first-order chi connectivity index (χ1) is 17.0. The SMILES string of the molecule is C[C@H](Nc1cc(-c2cnn3cccnc23)nc(OCCN2CCCC2=O)n1)c1ccc(F)cc1F.[HH]. The van der Waals surface area contributed by atoms with Gasteiger partial charge in [0.2, 0.25) is 5.91 Å². The first kappa shape index (κ1) is 22.6. The van der Waals surface area contributed by atoms with Crippen molar-refractivity contribution in [1.29, 1.82) is 0 Å². The van der Waals surface area contributed by atoms with E-state index in [9.17, 15) is 13.6 Å². The lowest BCUT2D eigenvalue weighted by atomic mass is 10.1. The highest BCUT2D eigenvalue weighted by Gasteiger charge is 2.20. The second kappa shape index (κ2) is 9.61. The molecule has 4 heterocycles. The molecule has 1 N–H and O–H groups in total. The number of ether oxygens (including phenoxy) is 1. The van der Waals surface area contributed by atoms with Crippen LogP contribution < -0.4 is 10.1 Å². The topological polar surface area (TPSA) is 97.5 Å². The quantitative estimate of drug-likeness (QED) is 0.408. The number of nitrogens with zero attached hydrogens (tertiary/aromatic N) is 6. The summed E-state index contributed by atoms with van der Waals surface area (Å²) >= 11 is 0. The van der Waals surface area contributed by atoms with Crippen LogP contribution in [0.4, 0.5) is 14.6 Å². The maximum Gasteiger partial charge on any atom is 0.318 e. The Morgan fingerprint density at radius 2 is 2.14 bits per heavy atom. The Morgan fingerprint density at radius 3 is 2.94 bits per heavy atom. The van der Waals surface area contributed by atoms with E-state index < -0.39 is 17.7 Å². The fraction of sp³-hybridized carbons (Fsp3) is 0.292. The van der Waals surface area contributed by atoms with E-state index in [0.717, 1.165) is 12.5 Å². The molecule has 0 aliphatic carbocycles. The number of hydrogen-bond acceptors (Lipinski definition) is 7. The van der Waals surface area contributed by atoms with Gasteiger partial charge in [0.1, 0.15) is 24.1 Å². The van der Waals surface area contributed by atoms with Gasteiger partial charge in [0.15, 0.2) is 5.65 Å². The van der Waals surface area contributed by atoms with Crippen molar-refractivity contribution >= 4 is 17.4 Å². The van der Waals surface area contributed by atoms with Crippen LogP contribution in [0.25, 0.3) is 16.9 Å². The van der Waals surface area contributed by atoms with E-state index in [1.54, 1.807) is 47.1 Å². The summed E-state index contributed by atoms with van der Waals surface area (Å²) in [5.41, 5.74) is 2.06. The van der Waals surface area contributed by atoms with Crippen LogP contribution >= 0.6 is 0 Å². The molecule has 0 radical (unpaired) electrons. The van der Waals surface area contributed by atoms with Crippen LogP contribution in [0.5, 0.6) is 6.01 Å². The Bertz CT molecular complexity index is 1380. The van der Waals surface area contributed by atoms with Gasteiger partial charge in [-0.15, -0.1) is 0 Å². The van der Waals surface area contributed by atoms with Gasteiger partial charge in [-0.2, -0.15) is 15.1 Å². The first-order valence-corrected chi connectivity index (χ1v) is 11.3. The lowest BCUT2D eigenvalue weighted by Crippen LogP contribution is -2.29. The zero-order valence-corrected chi connectivity index (χ0v) is 19.0. The van der Waals surface area contributed by atoms with E-state index in [2.05, 4.69) is 25.4 Å². The number of carbonyl (C=O) groups is 1. The number of hydrogen-bond donors (Lipinski definition) is 1. The van der Waals surface area contributed by atoms with Crippen molar-refractivity contribution in [3.8, 4) is 17.3 Å². The number of rotatable bonds is 8. The van der Waals surface area contributed by atoms with Crippen LogP contribution in [0.3, 0.4) is 0 Å². The Kier molecular flexibility index (Phi) is 6.21. The number of benzene rings is 1. The minimum atomic E-state index is -0.655. The van der Waals surface area contributed by atoms with Gasteiger partial charge in [-0.3, -0.25) is 4.79 Å². The molecule has 35 heavy (non-hydrogen) atoms. The highest BCUT2D eigenvalue weighted by atomic mass is 19.1. The van der Waals surface area contributed by atoms with Gasteiger partial charge in [-0.05, 0) is 25.5 Å². The molecule has 9 nitrogen and oxygen atoms in total. The normalized spacial score (nSPS) is 14.5. The molecule has 1 saturated heterocycles. The van der Waals surface area contributed by atoms with Gasteiger partial charge < -0.3 is 15.0 Å². The zero-order valence-electron chi connectivity index (χ0n) is 19.0. The highest BCUT2D eigenvalue weighted by molar-refractivity contribution is 5.78. The number of nitrogens with one attached hydrogen (secondary N) is 1. The second-order valence-corrected chi connectivity index (χ2v) is 8.23. The number of amides is 1. The summed E-state index contributed by atoms with van der Waals surface area (Å²) in [6, 6.07) is 6.49. The number of carbonyl (C=O) groups excluding carboxylic acids is 1. The minimum absolute atomic E-state index is 0. The van der Waals surface area contributed by atoms with Crippen LogP contribution in [0.15, 0.2) is 48.9 Å². The minimum Gasteiger partial charge on any atom is -0.462 e. The van der Waals surface area contributed by atoms with Gasteiger partial charge in [0.25, 0.3) is 0 Å². The van der Waals surface area contributed by atoms with Gasteiger partial charge in [-0.25, -0.2) is 18.3 Å². The molecule has 0 unspecified atom stereocenters. The summed E-state index contributed by atoms with van der Waals surface area (Å²) in [7, 11) is 0. The van der Waals surface area contributed by atoms with Crippen LogP contribution in [-0.4, -0.2) is 55.1 Å². The van der Waals surface area contributed by atoms with E-state index in [1.807, 2.05) is 0 Å². The third-order valence-electron chi connectivity index (χ3n) is 5.82. The average molecular weight is 482 g/mol. The smallest absolute Gasteiger partial charge is 0.318 e. The summed E-state index contributed by atoms with van der Waals surface area (Å²) in [6.45, 7) is 3.12. The third kappa shape index (κ3) is 4.88. The Hall–Kier alpha value is -4.15. The molecule has 0 saturated carbocycles. The molecule has 11 heteroatoms. The summed E-state index contributed by atoms with van der Waals surface area (Å²) in [5.74, 6) is -0.805. The lowest BCUT2D eigenvalue weighted by molar-refractivity contribution is -0.128. The summed E-state index contributed by atoms with van der Waals surface area (Å²) in [5, 5.41) is 7.45. The van der Waals surface area contributed by atoms with Gasteiger partial charge >= 0.3 is 6.01 Å². The Balaban J connectivity index is 0.00000304. The molecule has 1 amide bonds. The van der Waals surface area contributed by atoms with E-state index >= 15 is 0 Å². The second-order valence-electron chi connectivity index (χ2n) is 8.23. The van der Waals surface area contributed by atoms with Gasteiger partial charge in [0.05, 0.1) is 30.0 Å². The van der Waals surface area contributed by atoms with Crippen molar-refractivity contribution in [3.05, 3.63) is 66.1 Å². The average Bonchev–Trinajstić information content (AvgIpc) is 3.45. The van der Waals surface area contributed by atoms with Gasteiger partial charge in [0, 0.05) is 44.5 Å². The van der Waals surface area contributed by atoms with Crippen LogP contribution in [0.2, 0.25) is 0 Å². The molecule has 1 aromatic carbocycles. The molecular formula is C24H25F2N7O2. The largest absolute Gasteiger partial charge is 0.462 e. The maximum absolute atomic E-state index is 14.3. The number of aromatic nitrogens is 5. The number of likely N-dealkylation sites (tertiary alicyclic amines) is 1. The molecule has 1 atom stereocenters. The predicted molar refractivity (Wildman–Crippen MR) is 126 cm³/mol. The Morgan fingerprint density at radius 1 is 1.26 bits per heavy atom. The molecule has 1 aliphatic rings. The number of anilines is 1. The fourth-order valence-electron chi connectivity index (χ4n) is 4.05. The molecule has 182 valence electrons. The molecular weight excluding hydrogens is 456 g/mol. The van der Waals surface area contributed by atoms with Gasteiger partial charge in [-0.1, -0.05) is 6.07 Å². The standard InChI is InChI=1S/C24H23F2N7O2.H2/c1-15(17-6-5-16(25)12-19(17)26)29-21-13-20(18-14-28-33-9-3-7-27-23(18)33)30-24(31-21)35-11-10-32-8-2-4-22(32)34;/h3,5-7,9,12-15H,2,4,8,10-11H2,1H3,(H,29,30,31);1H/t15-;/m0./s1. The number of halogens is 2. The first-order valence-electron chi connectivity index (χ1n) is 11.3.